The minimum atomic E-state index is -0.262. The van der Waals surface area contributed by atoms with Crippen LogP contribution in [0.2, 0.25) is 5.02 Å². The molecule has 0 saturated carbocycles. The van der Waals surface area contributed by atoms with Crippen LogP contribution in [0.3, 0.4) is 0 Å². The first-order valence-electron chi connectivity index (χ1n) is 9.42. The fourth-order valence-electron chi connectivity index (χ4n) is 3.40. The number of nitrogens with one attached hydrogen (secondary N) is 2. The molecule has 3 heterocycles. The predicted octanol–water partition coefficient (Wildman–Crippen LogP) is 3.62. The molecule has 0 spiro atoms. The summed E-state index contributed by atoms with van der Waals surface area (Å²) < 4.78 is 0. The van der Waals surface area contributed by atoms with Crippen LogP contribution in [-0.4, -0.2) is 45.0 Å². The number of rotatable bonds is 4. The quantitative estimate of drug-likeness (QED) is 0.688. The number of pyridine rings is 1. The summed E-state index contributed by atoms with van der Waals surface area (Å²) in [6.45, 7) is 0.984. The molecule has 1 saturated heterocycles. The van der Waals surface area contributed by atoms with Crippen LogP contribution in [0, 0.1) is 5.92 Å². The van der Waals surface area contributed by atoms with Crippen LogP contribution in [0.5, 0.6) is 0 Å². The Morgan fingerprint density at radius 2 is 1.97 bits per heavy atom. The van der Waals surface area contributed by atoms with Crippen LogP contribution in [0.25, 0.3) is 11.4 Å². The average molecular weight is 410 g/mol. The predicted molar refractivity (Wildman–Crippen MR) is 111 cm³/mol. The van der Waals surface area contributed by atoms with Crippen molar-refractivity contribution in [1.82, 2.24) is 20.1 Å². The number of H-pyrrole nitrogens is 1. The van der Waals surface area contributed by atoms with Crippen LogP contribution < -0.4 is 5.32 Å². The molecule has 148 valence electrons. The van der Waals surface area contributed by atoms with Crippen molar-refractivity contribution in [3.63, 3.8) is 0 Å². The largest absolute Gasteiger partial charge is 0.337 e. The number of carbonyl (C=O) groups excluding carboxylic acids is 2. The number of halogens is 1. The van der Waals surface area contributed by atoms with Crippen molar-refractivity contribution in [3.05, 3.63) is 65.4 Å². The van der Waals surface area contributed by atoms with E-state index in [1.807, 2.05) is 18.2 Å². The van der Waals surface area contributed by atoms with Gasteiger partial charge in [-0.1, -0.05) is 17.7 Å². The molecule has 8 heteroatoms. The van der Waals surface area contributed by atoms with Gasteiger partial charge in [0.25, 0.3) is 5.91 Å². The zero-order chi connectivity index (χ0) is 20.2. The fourth-order valence-corrected chi connectivity index (χ4v) is 3.53. The number of piperidine rings is 1. The zero-order valence-electron chi connectivity index (χ0n) is 15.6. The number of likely N-dealkylation sites (tertiary alicyclic amines) is 1. The molecule has 0 unspecified atom stereocenters. The Morgan fingerprint density at radius 3 is 2.72 bits per heavy atom. The molecular weight excluding hydrogens is 390 g/mol. The maximum Gasteiger partial charge on any atom is 0.271 e. The summed E-state index contributed by atoms with van der Waals surface area (Å²) in [7, 11) is 0. The van der Waals surface area contributed by atoms with E-state index in [-0.39, 0.29) is 17.7 Å². The Morgan fingerprint density at radius 1 is 1.14 bits per heavy atom. The van der Waals surface area contributed by atoms with Crippen molar-refractivity contribution in [2.75, 3.05) is 18.4 Å². The van der Waals surface area contributed by atoms with E-state index in [0.717, 1.165) is 12.8 Å². The molecule has 0 bridgehead atoms. The highest BCUT2D eigenvalue weighted by Crippen LogP contribution is 2.22. The highest BCUT2D eigenvalue weighted by Gasteiger charge is 2.29. The SMILES string of the molecule is O=C(Nc1ccc(Cl)cc1)[C@H]1CCCN(C(=O)c2cc(-c3ccccn3)n[nH]2)C1. The topological polar surface area (TPSA) is 91.0 Å². The Hall–Kier alpha value is -3.19. The number of hydrogen-bond acceptors (Lipinski definition) is 4. The average Bonchev–Trinajstić information content (AvgIpc) is 3.26. The summed E-state index contributed by atoms with van der Waals surface area (Å²) in [4.78, 5) is 31.5. The molecule has 2 aromatic heterocycles. The Labute approximate surface area is 173 Å². The first-order valence-corrected chi connectivity index (χ1v) is 9.80. The molecule has 1 fully saturated rings. The van der Waals surface area contributed by atoms with E-state index in [1.165, 1.54) is 0 Å². The second kappa shape index (κ2) is 8.45. The Balaban J connectivity index is 1.41. The summed E-state index contributed by atoms with van der Waals surface area (Å²) in [5.74, 6) is -0.520. The smallest absolute Gasteiger partial charge is 0.271 e. The first kappa shape index (κ1) is 19.1. The lowest BCUT2D eigenvalue weighted by molar-refractivity contribution is -0.121. The fraction of sp³-hybridized carbons (Fsp3) is 0.238. The van der Waals surface area contributed by atoms with E-state index in [1.54, 1.807) is 41.4 Å². The van der Waals surface area contributed by atoms with Crippen molar-refractivity contribution < 1.29 is 9.59 Å². The van der Waals surface area contributed by atoms with Gasteiger partial charge in [-0.05, 0) is 55.3 Å². The summed E-state index contributed by atoms with van der Waals surface area (Å²) >= 11 is 5.88. The van der Waals surface area contributed by atoms with Crippen LogP contribution in [-0.2, 0) is 4.79 Å². The number of aromatic amines is 1. The number of nitrogens with zero attached hydrogens (tertiary/aromatic N) is 3. The van der Waals surface area contributed by atoms with E-state index in [2.05, 4.69) is 20.5 Å². The molecule has 7 nitrogen and oxygen atoms in total. The monoisotopic (exact) mass is 409 g/mol. The van der Waals surface area contributed by atoms with Gasteiger partial charge in [0.15, 0.2) is 0 Å². The second-order valence-electron chi connectivity index (χ2n) is 6.97. The van der Waals surface area contributed by atoms with E-state index in [4.69, 9.17) is 11.6 Å². The van der Waals surface area contributed by atoms with Gasteiger partial charge in [0.1, 0.15) is 11.4 Å². The van der Waals surface area contributed by atoms with Crippen molar-refractivity contribution in [3.8, 4) is 11.4 Å². The maximum absolute atomic E-state index is 12.9. The second-order valence-corrected chi connectivity index (χ2v) is 7.40. The lowest BCUT2D eigenvalue weighted by Gasteiger charge is -2.31. The third-order valence-corrected chi connectivity index (χ3v) is 5.18. The van der Waals surface area contributed by atoms with E-state index in [0.29, 0.717) is 40.9 Å². The van der Waals surface area contributed by atoms with Gasteiger partial charge < -0.3 is 10.2 Å². The summed E-state index contributed by atoms with van der Waals surface area (Å²) in [6, 6.07) is 14.2. The van der Waals surface area contributed by atoms with Crippen LogP contribution in [0.4, 0.5) is 5.69 Å². The number of hydrogen-bond donors (Lipinski definition) is 2. The Kier molecular flexibility index (Phi) is 5.57. The standard InChI is InChI=1S/C21H20ClN5O2/c22-15-6-8-16(9-7-15)24-20(28)14-4-3-11-27(13-14)21(29)19-12-18(25-26-19)17-5-1-2-10-23-17/h1-2,5-10,12,14H,3-4,11,13H2,(H,24,28)(H,25,26)/t14-/m0/s1. The summed E-state index contributed by atoms with van der Waals surface area (Å²) in [6.07, 6.45) is 3.19. The first-order chi connectivity index (χ1) is 14.1. The minimum absolute atomic E-state index is 0.0939. The number of amides is 2. The third kappa shape index (κ3) is 4.46. The van der Waals surface area contributed by atoms with Crippen LogP contribution in [0.15, 0.2) is 54.7 Å². The molecule has 3 aromatic rings. The van der Waals surface area contributed by atoms with E-state index >= 15 is 0 Å². The van der Waals surface area contributed by atoms with Gasteiger partial charge in [0, 0.05) is 30.0 Å². The Bertz CT molecular complexity index is 1000. The van der Waals surface area contributed by atoms with Crippen molar-refractivity contribution in [1.29, 1.82) is 0 Å². The molecule has 2 amide bonds. The highest BCUT2D eigenvalue weighted by atomic mass is 35.5. The van der Waals surface area contributed by atoms with Crippen LogP contribution >= 0.6 is 11.6 Å². The van der Waals surface area contributed by atoms with Gasteiger partial charge in [-0.25, -0.2) is 0 Å². The van der Waals surface area contributed by atoms with Gasteiger partial charge in [0.05, 0.1) is 11.6 Å². The molecule has 4 rings (SSSR count). The summed E-state index contributed by atoms with van der Waals surface area (Å²) in [5, 5.41) is 10.5. The third-order valence-electron chi connectivity index (χ3n) is 4.93. The molecule has 0 aliphatic carbocycles. The maximum atomic E-state index is 12.9. The van der Waals surface area contributed by atoms with Gasteiger partial charge in [-0.15, -0.1) is 0 Å². The number of carbonyl (C=O) groups is 2. The molecule has 1 aliphatic rings. The van der Waals surface area contributed by atoms with E-state index < -0.39 is 0 Å². The van der Waals surface area contributed by atoms with E-state index in [9.17, 15) is 9.59 Å². The molecular formula is C21H20ClN5O2. The molecule has 1 atom stereocenters. The van der Waals surface area contributed by atoms with Crippen molar-refractivity contribution in [2.45, 2.75) is 12.8 Å². The molecule has 29 heavy (non-hydrogen) atoms. The number of aromatic nitrogens is 3. The van der Waals surface area contributed by atoms with Gasteiger partial charge in [-0.2, -0.15) is 5.10 Å². The zero-order valence-corrected chi connectivity index (χ0v) is 16.4. The van der Waals surface area contributed by atoms with Gasteiger partial charge >= 0.3 is 0 Å². The minimum Gasteiger partial charge on any atom is -0.337 e. The number of benzene rings is 1. The molecule has 0 radical (unpaired) electrons. The molecule has 1 aromatic carbocycles. The van der Waals surface area contributed by atoms with Crippen molar-refractivity contribution >= 4 is 29.1 Å². The molecule has 2 N–H and O–H groups in total. The van der Waals surface area contributed by atoms with Crippen molar-refractivity contribution in [2.24, 2.45) is 5.92 Å². The highest BCUT2D eigenvalue weighted by molar-refractivity contribution is 6.30. The lowest BCUT2D eigenvalue weighted by Crippen LogP contribution is -2.43. The molecule has 1 aliphatic heterocycles. The van der Waals surface area contributed by atoms with Gasteiger partial charge in [-0.3, -0.25) is 19.7 Å². The normalized spacial score (nSPS) is 16.4. The van der Waals surface area contributed by atoms with Crippen LogP contribution in [0.1, 0.15) is 23.3 Å². The lowest BCUT2D eigenvalue weighted by atomic mass is 9.96. The summed E-state index contributed by atoms with van der Waals surface area (Å²) in [5.41, 5.74) is 2.39. The number of anilines is 1. The van der Waals surface area contributed by atoms with Gasteiger partial charge in [0.2, 0.25) is 5.91 Å².